The van der Waals surface area contributed by atoms with Crippen molar-refractivity contribution in [2.24, 2.45) is 0 Å². The van der Waals surface area contributed by atoms with Gasteiger partial charge in [0.05, 0.1) is 33.0 Å². The molecule has 4 aromatic rings. The van der Waals surface area contributed by atoms with Crippen LogP contribution in [-0.2, 0) is 23.7 Å². The highest BCUT2D eigenvalue weighted by molar-refractivity contribution is 5.81. The summed E-state index contributed by atoms with van der Waals surface area (Å²) in [5.74, 6) is -0.0318. The average Bonchev–Trinajstić information content (AvgIpc) is 3.83. The number of carbonyl (C=O) groups is 1. The number of hydrogen-bond acceptors (Lipinski definition) is 18. The molecule has 0 aliphatic carbocycles. The Hall–Kier alpha value is -4.15. The first-order valence-electron chi connectivity index (χ1n) is 14.9. The summed E-state index contributed by atoms with van der Waals surface area (Å²) in [6.45, 7) is 0.424. The minimum absolute atomic E-state index is 0.0683. The second-order valence-corrected chi connectivity index (χ2v) is 11.3. The van der Waals surface area contributed by atoms with Crippen molar-refractivity contribution in [3.8, 4) is 0 Å². The maximum atomic E-state index is 11.8. The van der Waals surface area contributed by atoms with Gasteiger partial charge in [0.1, 0.15) is 60.3 Å². The number of aliphatic hydroxyl groups is 4. The van der Waals surface area contributed by atoms with Crippen LogP contribution in [0.2, 0.25) is 0 Å². The van der Waals surface area contributed by atoms with Crippen LogP contribution in [0.1, 0.15) is 25.3 Å². The number of anilines is 2. The lowest BCUT2D eigenvalue weighted by Gasteiger charge is -2.28. The molecular weight excluding hydrogens is 622 g/mol. The summed E-state index contributed by atoms with van der Waals surface area (Å²) in [5.41, 5.74) is 13.2. The number of fused-ring (bicyclic) bond motifs is 2. The van der Waals surface area contributed by atoms with Gasteiger partial charge in [0.2, 0.25) is 0 Å². The lowest BCUT2D eigenvalue weighted by atomic mass is 10.1. The zero-order valence-corrected chi connectivity index (χ0v) is 25.4. The standard InChI is InChI=1S/C27H37N11O9/c1-44-15(40)3-2-4-36(7-13-18(41)20(43)26(46-13)37-11-34-16-22(28)30-9-32-24(16)37)5-6-45-21-19(42)14(8-39)47-27(21)38-12-35-17-23(29)31-10-33-25(17)38/h9-14,18-21,26-27,39,41-43H,2-8H2,1H3,(H2,28,30,32)(H2,29,31,33)/t13-,14-,18-,19-,20-,21-,26-,27-/m1/s1. The van der Waals surface area contributed by atoms with Gasteiger partial charge in [0, 0.05) is 19.5 Å². The number of ether oxygens (including phenoxy) is 4. The second kappa shape index (κ2) is 13.9. The fourth-order valence-corrected chi connectivity index (χ4v) is 5.91. The predicted molar refractivity (Wildman–Crippen MR) is 160 cm³/mol. The quantitative estimate of drug-likeness (QED) is 0.0799. The van der Waals surface area contributed by atoms with E-state index in [0.717, 1.165) is 0 Å². The van der Waals surface area contributed by atoms with E-state index in [0.29, 0.717) is 35.3 Å². The summed E-state index contributed by atoms with van der Waals surface area (Å²) in [4.78, 5) is 38.5. The van der Waals surface area contributed by atoms with Gasteiger partial charge in [-0.25, -0.2) is 29.9 Å². The minimum Gasteiger partial charge on any atom is -0.469 e. The van der Waals surface area contributed by atoms with Crippen LogP contribution in [0, 0.1) is 0 Å². The smallest absolute Gasteiger partial charge is 0.305 e. The molecule has 20 heteroatoms. The molecule has 0 saturated carbocycles. The Morgan fingerprint density at radius 3 is 2.11 bits per heavy atom. The van der Waals surface area contributed by atoms with Crippen LogP contribution < -0.4 is 11.5 Å². The van der Waals surface area contributed by atoms with Crippen molar-refractivity contribution in [2.45, 2.75) is 61.9 Å². The van der Waals surface area contributed by atoms with Crippen LogP contribution in [0.4, 0.5) is 11.6 Å². The molecule has 20 nitrogen and oxygen atoms in total. The minimum atomic E-state index is -1.31. The Morgan fingerprint density at radius 1 is 0.872 bits per heavy atom. The highest BCUT2D eigenvalue weighted by Gasteiger charge is 2.47. The van der Waals surface area contributed by atoms with Crippen LogP contribution in [-0.4, -0.2) is 147 Å². The topological polar surface area (TPSA) is 277 Å². The molecule has 2 aliphatic rings. The average molecular weight is 660 g/mol. The molecule has 0 amide bonds. The summed E-state index contributed by atoms with van der Waals surface area (Å²) >= 11 is 0. The number of aromatic nitrogens is 8. The molecule has 6 heterocycles. The number of nitrogens with zero attached hydrogens (tertiary/aromatic N) is 9. The number of esters is 1. The molecule has 6 rings (SSSR count). The van der Waals surface area contributed by atoms with Crippen molar-refractivity contribution in [3.63, 3.8) is 0 Å². The molecule has 47 heavy (non-hydrogen) atoms. The van der Waals surface area contributed by atoms with E-state index in [9.17, 15) is 25.2 Å². The molecular formula is C27H37N11O9. The predicted octanol–water partition coefficient (Wildman–Crippen LogP) is -2.66. The summed E-state index contributed by atoms with van der Waals surface area (Å²) < 4.78 is 26.0. The van der Waals surface area contributed by atoms with Crippen molar-refractivity contribution >= 4 is 39.9 Å². The number of imidazole rings is 2. The van der Waals surface area contributed by atoms with Crippen molar-refractivity contribution in [1.82, 2.24) is 43.9 Å². The third-order valence-corrected chi connectivity index (χ3v) is 8.39. The lowest BCUT2D eigenvalue weighted by molar-refractivity contribution is -0.140. The number of nitrogens with two attached hydrogens (primary N) is 2. The molecule has 254 valence electrons. The Bertz CT molecular complexity index is 1690. The molecule has 2 saturated heterocycles. The summed E-state index contributed by atoms with van der Waals surface area (Å²) in [6.07, 6.45) is -2.39. The Balaban J connectivity index is 1.15. The van der Waals surface area contributed by atoms with E-state index in [1.54, 1.807) is 4.57 Å². The number of nitrogen functional groups attached to an aromatic ring is 2. The fraction of sp³-hybridized carbons (Fsp3) is 0.593. The largest absolute Gasteiger partial charge is 0.469 e. The third-order valence-electron chi connectivity index (χ3n) is 8.39. The highest BCUT2D eigenvalue weighted by atomic mass is 16.6. The van der Waals surface area contributed by atoms with Crippen molar-refractivity contribution in [2.75, 3.05) is 51.4 Å². The number of rotatable bonds is 13. The van der Waals surface area contributed by atoms with E-state index < -0.39 is 55.7 Å². The van der Waals surface area contributed by atoms with E-state index in [-0.39, 0.29) is 43.7 Å². The summed E-state index contributed by atoms with van der Waals surface area (Å²) in [5, 5.41) is 42.7. The van der Waals surface area contributed by atoms with E-state index >= 15 is 0 Å². The van der Waals surface area contributed by atoms with Crippen LogP contribution in [0.5, 0.6) is 0 Å². The van der Waals surface area contributed by atoms with Gasteiger partial charge in [-0.05, 0) is 13.0 Å². The molecule has 0 unspecified atom stereocenters. The van der Waals surface area contributed by atoms with Crippen LogP contribution in [0.3, 0.4) is 0 Å². The van der Waals surface area contributed by atoms with Crippen molar-refractivity contribution in [3.05, 3.63) is 25.3 Å². The van der Waals surface area contributed by atoms with Crippen molar-refractivity contribution in [1.29, 1.82) is 0 Å². The number of hydrogen-bond donors (Lipinski definition) is 6. The molecule has 0 bridgehead atoms. The molecule has 8 N–H and O–H groups in total. The van der Waals surface area contributed by atoms with E-state index in [2.05, 4.69) is 29.9 Å². The maximum Gasteiger partial charge on any atom is 0.305 e. The first kappa shape index (κ1) is 32.8. The third kappa shape index (κ3) is 6.41. The fourth-order valence-electron chi connectivity index (χ4n) is 5.91. The van der Waals surface area contributed by atoms with E-state index in [1.807, 2.05) is 4.90 Å². The van der Waals surface area contributed by atoms with Gasteiger partial charge in [-0.3, -0.25) is 18.8 Å². The van der Waals surface area contributed by atoms with Crippen LogP contribution in [0.25, 0.3) is 22.3 Å². The maximum absolute atomic E-state index is 11.8. The Morgan fingerprint density at radius 2 is 1.49 bits per heavy atom. The van der Waals surface area contributed by atoms with Crippen molar-refractivity contribution < 1.29 is 44.2 Å². The Kier molecular flexibility index (Phi) is 9.70. The molecule has 0 radical (unpaired) electrons. The van der Waals surface area contributed by atoms with E-state index in [1.165, 1.54) is 37.0 Å². The zero-order valence-electron chi connectivity index (χ0n) is 25.4. The monoisotopic (exact) mass is 659 g/mol. The molecule has 0 spiro atoms. The lowest BCUT2D eigenvalue weighted by Crippen LogP contribution is -2.43. The van der Waals surface area contributed by atoms with Crippen LogP contribution >= 0.6 is 0 Å². The highest BCUT2D eigenvalue weighted by Crippen LogP contribution is 2.35. The van der Waals surface area contributed by atoms with Gasteiger partial charge in [0.15, 0.2) is 35.4 Å². The first-order chi connectivity index (χ1) is 22.7. The Labute approximate surface area is 266 Å². The van der Waals surface area contributed by atoms with Gasteiger partial charge in [0.25, 0.3) is 0 Å². The van der Waals surface area contributed by atoms with Gasteiger partial charge in [-0.2, -0.15) is 0 Å². The van der Waals surface area contributed by atoms with E-state index in [4.69, 9.17) is 30.4 Å². The zero-order chi connectivity index (χ0) is 33.2. The van der Waals surface area contributed by atoms with Gasteiger partial charge >= 0.3 is 5.97 Å². The van der Waals surface area contributed by atoms with Gasteiger partial charge < -0.3 is 50.8 Å². The molecule has 8 atom stereocenters. The molecule has 0 aromatic carbocycles. The normalized spacial score (nSPS) is 27.8. The molecule has 2 aliphatic heterocycles. The van der Waals surface area contributed by atoms with Crippen LogP contribution in [0.15, 0.2) is 25.3 Å². The molecule has 2 fully saturated rings. The van der Waals surface area contributed by atoms with Gasteiger partial charge in [-0.15, -0.1) is 0 Å². The second-order valence-electron chi connectivity index (χ2n) is 11.3. The first-order valence-corrected chi connectivity index (χ1v) is 14.9. The SMILES string of the molecule is COC(=O)CCCN(CCO[C@@H]1[C@H](O)[C@@H](CO)O[C@H]1n1cnc2c(N)ncnc21)C[C@H]1O[C@@H](n2cnc3c(N)ncnc32)[C@H](O)[C@@H]1O. The summed E-state index contributed by atoms with van der Waals surface area (Å²) in [6, 6.07) is 0. The number of aliphatic hydroxyl groups excluding tert-OH is 4. The molecule has 4 aromatic heterocycles. The number of methoxy groups -OCH3 is 1. The number of carbonyl (C=O) groups excluding carboxylic acids is 1. The summed E-state index contributed by atoms with van der Waals surface area (Å²) in [7, 11) is 1.31. The van der Waals surface area contributed by atoms with Gasteiger partial charge in [-0.1, -0.05) is 0 Å².